The molecule has 1 N–H and O–H groups in total. The van der Waals surface area contributed by atoms with E-state index in [1.807, 2.05) is 27.7 Å². The Balaban J connectivity index is 1.93. The molecular weight excluding hydrogens is 298 g/mol. The zero-order valence-corrected chi connectivity index (χ0v) is 14.6. The summed E-state index contributed by atoms with van der Waals surface area (Å²) in [6.07, 6.45) is 2.82. The lowest BCUT2D eigenvalue weighted by Crippen LogP contribution is -2.39. The molecule has 0 saturated heterocycles. The van der Waals surface area contributed by atoms with Crippen LogP contribution in [0, 0.1) is 25.7 Å². The van der Waals surface area contributed by atoms with Gasteiger partial charge in [-0.3, -0.25) is 9.59 Å². The molecule has 2 rings (SSSR count). The third kappa shape index (κ3) is 5.09. The molecule has 0 atom stereocenters. The molecule has 5 nitrogen and oxygen atoms in total. The van der Waals surface area contributed by atoms with Crippen molar-refractivity contribution >= 4 is 28.3 Å². The van der Waals surface area contributed by atoms with Crippen molar-refractivity contribution in [2.75, 3.05) is 18.4 Å². The van der Waals surface area contributed by atoms with Crippen LogP contribution < -0.4 is 5.32 Å². The quantitative estimate of drug-likeness (QED) is 0.839. The van der Waals surface area contributed by atoms with Crippen LogP contribution in [0.3, 0.4) is 0 Å². The first kappa shape index (κ1) is 16.9. The predicted octanol–water partition coefficient (Wildman–Crippen LogP) is 2.98. The van der Waals surface area contributed by atoms with Gasteiger partial charge in [-0.05, 0) is 38.5 Å². The average Bonchev–Trinajstić information content (AvgIpc) is 3.15. The van der Waals surface area contributed by atoms with Crippen LogP contribution in [0.25, 0.3) is 0 Å². The van der Waals surface area contributed by atoms with Crippen LogP contribution in [-0.4, -0.2) is 34.8 Å². The van der Waals surface area contributed by atoms with E-state index in [1.54, 1.807) is 4.90 Å². The SMILES string of the molecule is Cc1nc(NC(=O)CN(CC2CC2)C(=O)CC(C)C)sc1C. The number of carbonyl (C=O) groups is 2. The highest BCUT2D eigenvalue weighted by Crippen LogP contribution is 2.30. The van der Waals surface area contributed by atoms with Crippen molar-refractivity contribution in [3.8, 4) is 0 Å². The van der Waals surface area contributed by atoms with Gasteiger partial charge in [0.1, 0.15) is 0 Å². The summed E-state index contributed by atoms with van der Waals surface area (Å²) in [6, 6.07) is 0. The number of anilines is 1. The summed E-state index contributed by atoms with van der Waals surface area (Å²) in [7, 11) is 0. The molecule has 0 radical (unpaired) electrons. The van der Waals surface area contributed by atoms with Crippen LogP contribution in [0.15, 0.2) is 0 Å². The number of carbonyl (C=O) groups excluding carboxylic acids is 2. The van der Waals surface area contributed by atoms with Gasteiger partial charge in [-0.15, -0.1) is 11.3 Å². The lowest BCUT2D eigenvalue weighted by atomic mass is 10.1. The third-order valence-electron chi connectivity index (χ3n) is 3.72. The van der Waals surface area contributed by atoms with E-state index in [9.17, 15) is 9.59 Å². The summed E-state index contributed by atoms with van der Waals surface area (Å²) < 4.78 is 0. The van der Waals surface area contributed by atoms with Gasteiger partial charge in [-0.25, -0.2) is 4.98 Å². The van der Waals surface area contributed by atoms with Crippen molar-refractivity contribution < 1.29 is 9.59 Å². The first-order valence-corrected chi connectivity index (χ1v) is 8.68. The maximum absolute atomic E-state index is 12.3. The summed E-state index contributed by atoms with van der Waals surface area (Å²) in [5.74, 6) is 0.796. The van der Waals surface area contributed by atoms with E-state index >= 15 is 0 Å². The third-order valence-corrected chi connectivity index (χ3v) is 4.71. The van der Waals surface area contributed by atoms with Crippen LogP contribution in [0.1, 0.15) is 43.7 Å². The fourth-order valence-electron chi connectivity index (χ4n) is 2.20. The second-order valence-corrected chi connectivity index (χ2v) is 7.73. The van der Waals surface area contributed by atoms with Crippen LogP contribution >= 0.6 is 11.3 Å². The Labute approximate surface area is 136 Å². The second-order valence-electron chi connectivity index (χ2n) is 6.52. The van der Waals surface area contributed by atoms with E-state index in [1.165, 1.54) is 11.3 Å². The van der Waals surface area contributed by atoms with Crippen LogP contribution in [0.2, 0.25) is 0 Å². The van der Waals surface area contributed by atoms with Gasteiger partial charge in [0.2, 0.25) is 11.8 Å². The summed E-state index contributed by atoms with van der Waals surface area (Å²) in [4.78, 5) is 31.6. The number of hydrogen-bond donors (Lipinski definition) is 1. The van der Waals surface area contributed by atoms with E-state index in [0.717, 1.165) is 23.4 Å². The Morgan fingerprint density at radius 2 is 2.05 bits per heavy atom. The number of nitrogens with one attached hydrogen (secondary N) is 1. The molecule has 2 amide bonds. The minimum absolute atomic E-state index is 0.0727. The van der Waals surface area contributed by atoms with Gasteiger partial charge in [0.15, 0.2) is 5.13 Å². The average molecular weight is 323 g/mol. The maximum atomic E-state index is 12.3. The lowest BCUT2D eigenvalue weighted by Gasteiger charge is -2.22. The summed E-state index contributed by atoms with van der Waals surface area (Å²) in [5, 5.41) is 3.42. The fourth-order valence-corrected chi connectivity index (χ4v) is 3.03. The highest BCUT2D eigenvalue weighted by atomic mass is 32.1. The highest BCUT2D eigenvalue weighted by molar-refractivity contribution is 7.15. The van der Waals surface area contributed by atoms with Crippen molar-refractivity contribution in [1.82, 2.24) is 9.88 Å². The Morgan fingerprint density at radius 3 is 2.55 bits per heavy atom. The molecule has 122 valence electrons. The van der Waals surface area contributed by atoms with Crippen LogP contribution in [-0.2, 0) is 9.59 Å². The zero-order valence-electron chi connectivity index (χ0n) is 13.8. The van der Waals surface area contributed by atoms with E-state index < -0.39 is 0 Å². The van der Waals surface area contributed by atoms with Gasteiger partial charge in [0.25, 0.3) is 0 Å². The number of hydrogen-bond acceptors (Lipinski definition) is 4. The van der Waals surface area contributed by atoms with Gasteiger partial charge in [-0.1, -0.05) is 13.8 Å². The topological polar surface area (TPSA) is 62.3 Å². The molecule has 1 aromatic rings. The number of amides is 2. The number of aromatic nitrogens is 1. The van der Waals surface area contributed by atoms with E-state index in [4.69, 9.17) is 0 Å². The molecule has 22 heavy (non-hydrogen) atoms. The molecular formula is C16H25N3O2S. The maximum Gasteiger partial charge on any atom is 0.245 e. The largest absolute Gasteiger partial charge is 0.333 e. The molecule has 0 bridgehead atoms. The van der Waals surface area contributed by atoms with Crippen molar-refractivity contribution in [3.63, 3.8) is 0 Å². The summed E-state index contributed by atoms with van der Waals surface area (Å²) >= 11 is 1.47. The van der Waals surface area contributed by atoms with Gasteiger partial charge in [-0.2, -0.15) is 0 Å². The molecule has 1 heterocycles. The molecule has 1 saturated carbocycles. The number of aryl methyl sites for hydroxylation is 2. The smallest absolute Gasteiger partial charge is 0.245 e. The highest BCUT2D eigenvalue weighted by Gasteiger charge is 2.28. The molecule has 1 aliphatic rings. The second kappa shape index (κ2) is 7.22. The Morgan fingerprint density at radius 1 is 1.36 bits per heavy atom. The molecule has 0 aromatic carbocycles. The van der Waals surface area contributed by atoms with Gasteiger partial charge < -0.3 is 10.2 Å². The molecule has 0 spiro atoms. The minimum atomic E-state index is -0.161. The van der Waals surface area contributed by atoms with Crippen molar-refractivity contribution in [2.24, 2.45) is 11.8 Å². The standard InChI is InChI=1S/C16H25N3O2S/c1-10(2)7-15(21)19(8-13-5-6-13)9-14(20)18-16-17-11(3)12(4)22-16/h10,13H,5-9H2,1-4H3,(H,17,18,20). The van der Waals surface area contributed by atoms with Gasteiger partial charge in [0.05, 0.1) is 12.2 Å². The van der Waals surface area contributed by atoms with Crippen LogP contribution in [0.4, 0.5) is 5.13 Å². The fraction of sp³-hybridized carbons (Fsp3) is 0.688. The zero-order chi connectivity index (χ0) is 16.3. The van der Waals surface area contributed by atoms with Gasteiger partial charge >= 0.3 is 0 Å². The predicted molar refractivity (Wildman–Crippen MR) is 89.0 cm³/mol. The van der Waals surface area contributed by atoms with E-state index in [2.05, 4.69) is 10.3 Å². The summed E-state index contributed by atoms with van der Waals surface area (Å²) in [6.45, 7) is 8.78. The molecule has 1 aromatic heterocycles. The monoisotopic (exact) mass is 323 g/mol. The van der Waals surface area contributed by atoms with E-state index in [0.29, 0.717) is 29.9 Å². The summed E-state index contributed by atoms with van der Waals surface area (Å²) in [5.41, 5.74) is 0.936. The van der Waals surface area contributed by atoms with E-state index in [-0.39, 0.29) is 18.4 Å². The molecule has 0 aliphatic heterocycles. The van der Waals surface area contributed by atoms with Crippen molar-refractivity contribution in [3.05, 3.63) is 10.6 Å². The minimum Gasteiger partial charge on any atom is -0.333 e. The van der Waals surface area contributed by atoms with Gasteiger partial charge in [0, 0.05) is 17.8 Å². The van der Waals surface area contributed by atoms with Crippen molar-refractivity contribution in [1.29, 1.82) is 0 Å². The Kier molecular flexibility index (Phi) is 5.56. The molecule has 6 heteroatoms. The molecule has 1 fully saturated rings. The Bertz CT molecular complexity index is 530. The normalized spacial score (nSPS) is 14.2. The Hall–Kier alpha value is -1.43. The van der Waals surface area contributed by atoms with Crippen molar-refractivity contribution in [2.45, 2.75) is 47.0 Å². The number of thiazole rings is 1. The number of rotatable bonds is 7. The molecule has 0 unspecified atom stereocenters. The first-order chi connectivity index (χ1) is 10.3. The molecule has 1 aliphatic carbocycles. The lowest BCUT2D eigenvalue weighted by molar-refractivity contribution is -0.135. The first-order valence-electron chi connectivity index (χ1n) is 7.86. The number of nitrogens with zero attached hydrogens (tertiary/aromatic N) is 2. The van der Waals surface area contributed by atoms with Crippen LogP contribution in [0.5, 0.6) is 0 Å².